The van der Waals surface area contributed by atoms with Crippen LogP contribution >= 0.6 is 0 Å². The van der Waals surface area contributed by atoms with Crippen molar-refractivity contribution < 1.29 is 14.0 Å². The number of ether oxygens (including phenoxy) is 2. The van der Waals surface area contributed by atoms with Crippen LogP contribution in [-0.4, -0.2) is 48.5 Å². The van der Waals surface area contributed by atoms with E-state index < -0.39 is 0 Å². The quantitative estimate of drug-likeness (QED) is 0.885. The number of rotatable bonds is 2. The molecular weight excluding hydrogens is 272 g/mol. The van der Waals surface area contributed by atoms with Gasteiger partial charge in [0, 0.05) is 25.2 Å². The minimum Gasteiger partial charge on any atom is -0.454 e. The maximum absolute atomic E-state index is 5.40. The molecule has 0 amide bonds. The predicted octanol–water partition coefficient (Wildman–Crippen LogP) is 1.04. The highest BCUT2D eigenvalue weighted by Crippen LogP contribution is 2.35. The number of aromatic nitrogens is 2. The lowest BCUT2D eigenvalue weighted by Gasteiger charge is -2.30. The summed E-state index contributed by atoms with van der Waals surface area (Å²) in [5.74, 6) is 2.66. The average Bonchev–Trinajstić information content (AvgIpc) is 3.16. The molecule has 7 nitrogen and oxygen atoms in total. The van der Waals surface area contributed by atoms with Crippen LogP contribution in [0.4, 0.5) is 0 Å². The van der Waals surface area contributed by atoms with E-state index in [2.05, 4.69) is 27.4 Å². The summed E-state index contributed by atoms with van der Waals surface area (Å²) in [5, 5.41) is 7.47. The Kier molecular flexibility index (Phi) is 3.01. The highest BCUT2D eigenvalue weighted by molar-refractivity contribution is 5.60. The molecule has 1 atom stereocenters. The van der Waals surface area contributed by atoms with Crippen LogP contribution < -0.4 is 14.8 Å². The summed E-state index contributed by atoms with van der Waals surface area (Å²) in [7, 11) is 2.07. The van der Waals surface area contributed by atoms with Gasteiger partial charge >= 0.3 is 0 Å². The SMILES string of the molecule is CN1CCNCC1c1noc(-c2ccc3c(c2)OCO3)n1. The van der Waals surface area contributed by atoms with Crippen LogP contribution in [0.2, 0.25) is 0 Å². The molecule has 1 saturated heterocycles. The molecular formula is C14H16N4O3. The molecule has 1 aromatic heterocycles. The summed E-state index contributed by atoms with van der Waals surface area (Å²) >= 11 is 0. The molecule has 110 valence electrons. The first-order valence-electron chi connectivity index (χ1n) is 6.96. The molecule has 2 aliphatic rings. The third-order valence-electron chi connectivity index (χ3n) is 3.87. The second-order valence-electron chi connectivity index (χ2n) is 5.23. The zero-order chi connectivity index (χ0) is 14.2. The third kappa shape index (κ3) is 2.24. The maximum atomic E-state index is 5.40. The van der Waals surface area contributed by atoms with Gasteiger partial charge in [-0.15, -0.1) is 0 Å². The summed E-state index contributed by atoms with van der Waals surface area (Å²) in [6.07, 6.45) is 0. The van der Waals surface area contributed by atoms with Crippen molar-refractivity contribution in [3.05, 3.63) is 24.0 Å². The Hall–Kier alpha value is -2.12. The Balaban J connectivity index is 1.62. The van der Waals surface area contributed by atoms with Crippen molar-refractivity contribution in [2.45, 2.75) is 6.04 Å². The molecule has 4 rings (SSSR count). The lowest BCUT2D eigenvalue weighted by molar-refractivity contribution is 0.174. The molecule has 1 unspecified atom stereocenters. The number of nitrogens with one attached hydrogen (secondary N) is 1. The fourth-order valence-electron chi connectivity index (χ4n) is 2.61. The van der Waals surface area contributed by atoms with Crippen LogP contribution in [0.1, 0.15) is 11.9 Å². The second kappa shape index (κ2) is 5.01. The molecule has 0 spiro atoms. The van der Waals surface area contributed by atoms with Crippen molar-refractivity contribution >= 4 is 0 Å². The molecule has 1 N–H and O–H groups in total. The summed E-state index contributed by atoms with van der Waals surface area (Å²) in [6.45, 7) is 3.04. The number of likely N-dealkylation sites (N-methyl/N-ethyl adjacent to an activating group) is 1. The van der Waals surface area contributed by atoms with Gasteiger partial charge in [-0.2, -0.15) is 4.98 Å². The van der Waals surface area contributed by atoms with Gasteiger partial charge in [0.1, 0.15) is 0 Å². The van der Waals surface area contributed by atoms with Crippen LogP contribution in [0, 0.1) is 0 Å². The van der Waals surface area contributed by atoms with E-state index in [0.29, 0.717) is 17.5 Å². The van der Waals surface area contributed by atoms with Gasteiger partial charge < -0.3 is 19.3 Å². The fraction of sp³-hybridized carbons (Fsp3) is 0.429. The average molecular weight is 288 g/mol. The summed E-state index contributed by atoms with van der Waals surface area (Å²) < 4.78 is 16.1. The van der Waals surface area contributed by atoms with Gasteiger partial charge in [0.25, 0.3) is 5.89 Å². The first kappa shape index (κ1) is 12.6. The Labute approximate surface area is 121 Å². The van der Waals surface area contributed by atoms with Crippen molar-refractivity contribution in [1.82, 2.24) is 20.4 Å². The fourth-order valence-corrected chi connectivity index (χ4v) is 2.61. The Morgan fingerprint density at radius 3 is 3.10 bits per heavy atom. The molecule has 7 heteroatoms. The first-order valence-corrected chi connectivity index (χ1v) is 6.96. The van der Waals surface area contributed by atoms with E-state index in [1.54, 1.807) is 0 Å². The maximum Gasteiger partial charge on any atom is 0.258 e. The van der Waals surface area contributed by atoms with Crippen LogP contribution in [0.3, 0.4) is 0 Å². The number of hydrogen-bond donors (Lipinski definition) is 1. The van der Waals surface area contributed by atoms with Crippen molar-refractivity contribution in [2.75, 3.05) is 33.5 Å². The molecule has 0 bridgehead atoms. The zero-order valence-corrected chi connectivity index (χ0v) is 11.7. The van der Waals surface area contributed by atoms with E-state index in [9.17, 15) is 0 Å². The molecule has 1 aromatic carbocycles. The minimum absolute atomic E-state index is 0.144. The Bertz CT molecular complexity index is 657. The van der Waals surface area contributed by atoms with E-state index in [0.717, 1.165) is 30.9 Å². The van der Waals surface area contributed by atoms with Gasteiger partial charge in [-0.05, 0) is 25.2 Å². The minimum atomic E-state index is 0.144. The Morgan fingerprint density at radius 2 is 2.19 bits per heavy atom. The van der Waals surface area contributed by atoms with E-state index >= 15 is 0 Å². The van der Waals surface area contributed by atoms with Gasteiger partial charge in [0.15, 0.2) is 17.3 Å². The van der Waals surface area contributed by atoms with Crippen molar-refractivity contribution in [3.8, 4) is 23.0 Å². The second-order valence-corrected chi connectivity index (χ2v) is 5.23. The zero-order valence-electron chi connectivity index (χ0n) is 11.7. The normalized spacial score (nSPS) is 21.7. The smallest absolute Gasteiger partial charge is 0.258 e. The van der Waals surface area contributed by atoms with Crippen LogP contribution in [-0.2, 0) is 0 Å². The van der Waals surface area contributed by atoms with Gasteiger partial charge in [-0.25, -0.2) is 0 Å². The topological polar surface area (TPSA) is 72.7 Å². The Morgan fingerprint density at radius 1 is 1.29 bits per heavy atom. The van der Waals surface area contributed by atoms with Gasteiger partial charge in [0.05, 0.1) is 6.04 Å². The standard InChI is InChI=1S/C14H16N4O3/c1-18-5-4-15-7-10(18)13-16-14(21-17-13)9-2-3-11-12(6-9)20-8-19-11/h2-3,6,10,15H,4-5,7-8H2,1H3. The highest BCUT2D eigenvalue weighted by atomic mass is 16.7. The predicted molar refractivity (Wildman–Crippen MR) is 74.1 cm³/mol. The molecule has 0 saturated carbocycles. The van der Waals surface area contributed by atoms with Crippen LogP contribution in [0.5, 0.6) is 11.5 Å². The summed E-state index contributed by atoms with van der Waals surface area (Å²) in [4.78, 5) is 6.75. The summed E-state index contributed by atoms with van der Waals surface area (Å²) in [6, 6.07) is 5.76. The number of nitrogens with zero attached hydrogens (tertiary/aromatic N) is 3. The van der Waals surface area contributed by atoms with Crippen molar-refractivity contribution in [1.29, 1.82) is 0 Å². The number of fused-ring (bicyclic) bond motifs is 1. The highest BCUT2D eigenvalue weighted by Gasteiger charge is 2.26. The molecule has 3 heterocycles. The lowest BCUT2D eigenvalue weighted by atomic mass is 10.2. The lowest BCUT2D eigenvalue weighted by Crippen LogP contribution is -2.44. The van der Waals surface area contributed by atoms with E-state index in [1.807, 2.05) is 18.2 Å². The van der Waals surface area contributed by atoms with Crippen molar-refractivity contribution in [3.63, 3.8) is 0 Å². The number of benzene rings is 1. The first-order chi connectivity index (χ1) is 10.3. The monoisotopic (exact) mass is 288 g/mol. The van der Waals surface area contributed by atoms with Crippen LogP contribution in [0.15, 0.2) is 22.7 Å². The molecule has 2 aliphatic heterocycles. The molecule has 1 fully saturated rings. The molecule has 2 aromatic rings. The largest absolute Gasteiger partial charge is 0.454 e. The van der Waals surface area contributed by atoms with Gasteiger partial charge in [0.2, 0.25) is 6.79 Å². The third-order valence-corrected chi connectivity index (χ3v) is 3.87. The number of hydrogen-bond acceptors (Lipinski definition) is 7. The van der Waals surface area contributed by atoms with E-state index in [4.69, 9.17) is 14.0 Å². The van der Waals surface area contributed by atoms with E-state index in [-0.39, 0.29) is 12.8 Å². The van der Waals surface area contributed by atoms with Crippen molar-refractivity contribution in [2.24, 2.45) is 0 Å². The molecule has 0 radical (unpaired) electrons. The van der Waals surface area contributed by atoms with E-state index in [1.165, 1.54) is 0 Å². The molecule has 0 aliphatic carbocycles. The summed E-state index contributed by atoms with van der Waals surface area (Å²) in [5.41, 5.74) is 0.837. The number of piperazine rings is 1. The van der Waals surface area contributed by atoms with Gasteiger partial charge in [-0.3, -0.25) is 4.90 Å². The molecule has 21 heavy (non-hydrogen) atoms. The van der Waals surface area contributed by atoms with Gasteiger partial charge in [-0.1, -0.05) is 5.16 Å². The van der Waals surface area contributed by atoms with Crippen LogP contribution in [0.25, 0.3) is 11.5 Å².